The quantitative estimate of drug-likeness (QED) is 0.0222. The predicted molar refractivity (Wildman–Crippen MR) is 414 cm³/mol. The first-order chi connectivity index (χ1) is 49.0. The first-order valence-corrected chi connectivity index (χ1v) is 45.6. The van der Waals surface area contributed by atoms with Crippen molar-refractivity contribution in [2.24, 2.45) is 5.92 Å². The van der Waals surface area contributed by atoms with E-state index in [1.165, 1.54) is 263 Å². The van der Waals surface area contributed by atoms with Crippen molar-refractivity contribution >= 4 is 39.5 Å². The van der Waals surface area contributed by atoms with Crippen molar-refractivity contribution in [3.8, 4) is 0 Å². The van der Waals surface area contributed by atoms with Gasteiger partial charge < -0.3 is 33.8 Å². The number of phosphoric acid groups is 2. The summed E-state index contributed by atoms with van der Waals surface area (Å²) < 4.78 is 68.8. The summed E-state index contributed by atoms with van der Waals surface area (Å²) in [6, 6.07) is 0. The van der Waals surface area contributed by atoms with Gasteiger partial charge in [-0.3, -0.25) is 37.3 Å². The summed E-state index contributed by atoms with van der Waals surface area (Å²) in [5, 5.41) is 10.7. The van der Waals surface area contributed by atoms with Crippen molar-refractivity contribution in [3.63, 3.8) is 0 Å². The molecule has 0 rings (SSSR count). The summed E-state index contributed by atoms with van der Waals surface area (Å²) in [4.78, 5) is 73.1. The number of carbonyl (C=O) groups is 4. The largest absolute Gasteiger partial charge is 0.472 e. The zero-order valence-electron chi connectivity index (χ0n) is 66.1. The molecule has 0 saturated heterocycles. The fourth-order valence-corrected chi connectivity index (χ4v) is 14.3. The molecule has 3 N–H and O–H groups in total. The van der Waals surface area contributed by atoms with Crippen molar-refractivity contribution in [2.45, 2.75) is 457 Å². The monoisotopic (exact) mass is 1480 g/mol. The molecule has 0 bridgehead atoms. The molecule has 0 aliphatic carbocycles. The highest BCUT2D eigenvalue weighted by Gasteiger charge is 2.30. The Labute approximate surface area is 619 Å². The van der Waals surface area contributed by atoms with E-state index in [-0.39, 0.29) is 25.7 Å². The van der Waals surface area contributed by atoms with E-state index in [0.29, 0.717) is 25.7 Å². The Morgan fingerprint density at radius 3 is 0.673 bits per heavy atom. The number of aliphatic hydroxyl groups excluding tert-OH is 1. The third kappa shape index (κ3) is 76.1. The molecule has 5 atom stereocenters. The van der Waals surface area contributed by atoms with Gasteiger partial charge >= 0.3 is 39.5 Å². The lowest BCUT2D eigenvalue weighted by atomic mass is 10.0. The van der Waals surface area contributed by atoms with Gasteiger partial charge in [-0.25, -0.2) is 9.13 Å². The normalized spacial score (nSPS) is 13.8. The fourth-order valence-electron chi connectivity index (χ4n) is 12.8. The van der Waals surface area contributed by atoms with Gasteiger partial charge in [0.25, 0.3) is 0 Å². The molecular weight excluding hydrogens is 1320 g/mol. The summed E-state index contributed by atoms with van der Waals surface area (Å²) >= 11 is 0. The molecule has 0 aromatic heterocycles. The SMILES string of the molecule is CCCCCCCCCCCCCCCCCCCCC(=O)O[C@H](COC(=O)CCCCCCCCCCCCCCC(C)C)COP(=O)(O)OC[C@@H](O)COP(=O)(O)OC[C@@H](COC(=O)CCCCCCCCCCCCCCC)OC(=O)CCCCCCCCCCCCCCCCC. The summed E-state index contributed by atoms with van der Waals surface area (Å²) in [6.45, 7) is 7.36. The molecule has 0 spiro atoms. The van der Waals surface area contributed by atoms with Crippen LogP contribution in [0.4, 0.5) is 0 Å². The van der Waals surface area contributed by atoms with Gasteiger partial charge in [-0.05, 0) is 31.6 Å². The lowest BCUT2D eigenvalue weighted by Crippen LogP contribution is -2.30. The van der Waals surface area contributed by atoms with Crippen LogP contribution in [0.25, 0.3) is 0 Å². The Bertz CT molecular complexity index is 1930. The molecule has 0 radical (unpaired) electrons. The molecule has 0 amide bonds. The maximum Gasteiger partial charge on any atom is 0.472 e. The number of esters is 4. The van der Waals surface area contributed by atoms with Crippen LogP contribution < -0.4 is 0 Å². The van der Waals surface area contributed by atoms with Crippen LogP contribution in [0.5, 0.6) is 0 Å². The Morgan fingerprint density at radius 2 is 0.455 bits per heavy atom. The van der Waals surface area contributed by atoms with Gasteiger partial charge in [-0.1, -0.05) is 388 Å². The number of ether oxygens (including phenoxy) is 4. The zero-order chi connectivity index (χ0) is 74.1. The number of carbonyl (C=O) groups excluding carboxylic acids is 4. The average Bonchev–Trinajstić information content (AvgIpc) is 0.993. The maximum absolute atomic E-state index is 13.1. The third-order valence-electron chi connectivity index (χ3n) is 19.3. The van der Waals surface area contributed by atoms with Crippen LogP contribution >= 0.6 is 15.6 Å². The molecule has 0 heterocycles. The van der Waals surface area contributed by atoms with E-state index in [0.717, 1.165) is 95.8 Å². The molecule has 2 unspecified atom stereocenters. The zero-order valence-corrected chi connectivity index (χ0v) is 67.8. The fraction of sp³-hybridized carbons (Fsp3) is 0.951. The highest BCUT2D eigenvalue weighted by molar-refractivity contribution is 7.47. The van der Waals surface area contributed by atoms with Crippen LogP contribution in [-0.2, 0) is 65.4 Å². The van der Waals surface area contributed by atoms with Crippen molar-refractivity contribution in [2.75, 3.05) is 39.6 Å². The van der Waals surface area contributed by atoms with E-state index in [2.05, 4.69) is 34.6 Å². The topological polar surface area (TPSA) is 237 Å². The summed E-state index contributed by atoms with van der Waals surface area (Å²) in [7, 11) is -9.92. The van der Waals surface area contributed by atoms with Gasteiger partial charge in [-0.15, -0.1) is 0 Å². The van der Waals surface area contributed by atoms with Crippen LogP contribution in [0.1, 0.15) is 439 Å². The van der Waals surface area contributed by atoms with Gasteiger partial charge in [0, 0.05) is 25.7 Å². The summed E-state index contributed by atoms with van der Waals surface area (Å²) in [5.41, 5.74) is 0. The van der Waals surface area contributed by atoms with Gasteiger partial charge in [0.05, 0.1) is 26.4 Å². The maximum atomic E-state index is 13.1. The van der Waals surface area contributed by atoms with E-state index in [1.54, 1.807) is 0 Å². The first kappa shape index (κ1) is 99.1. The van der Waals surface area contributed by atoms with Crippen LogP contribution in [0, 0.1) is 5.92 Å². The van der Waals surface area contributed by atoms with E-state index in [9.17, 15) is 43.2 Å². The molecular formula is C82H160O17P2. The Balaban J connectivity index is 5.26. The van der Waals surface area contributed by atoms with E-state index in [4.69, 9.17) is 37.0 Å². The number of hydrogen-bond donors (Lipinski definition) is 3. The lowest BCUT2D eigenvalue weighted by Gasteiger charge is -2.21. The van der Waals surface area contributed by atoms with Gasteiger partial charge in [0.15, 0.2) is 12.2 Å². The van der Waals surface area contributed by atoms with Crippen LogP contribution in [-0.4, -0.2) is 96.7 Å². The standard InChI is InChI=1S/C82H160O17P2/c1-6-9-12-15-18-21-24-27-29-30-31-33-36-43-48-53-58-63-68-82(87)99-78(72-93-80(85)66-61-56-51-46-41-38-37-39-44-49-54-59-64-75(4)5)74-97-101(90,91)95-70-76(83)69-94-100(88,89)96-73-77(71-92-79(84)65-60-55-50-45-40-34-26-23-20-17-14-11-8-3)98-81(86)67-62-57-52-47-42-35-32-28-25-22-19-16-13-10-7-2/h75-78,83H,6-74H2,1-5H3,(H,88,89)(H,90,91)/t76-,77+,78+/m0/s1. The van der Waals surface area contributed by atoms with E-state index >= 15 is 0 Å². The van der Waals surface area contributed by atoms with E-state index < -0.39 is 97.5 Å². The van der Waals surface area contributed by atoms with Gasteiger partial charge in [0.1, 0.15) is 19.3 Å². The van der Waals surface area contributed by atoms with Crippen LogP contribution in [0.2, 0.25) is 0 Å². The summed E-state index contributed by atoms with van der Waals surface area (Å²) in [6.07, 6.45) is 66.4. The number of aliphatic hydroxyl groups is 1. The van der Waals surface area contributed by atoms with Crippen molar-refractivity contribution in [1.82, 2.24) is 0 Å². The summed E-state index contributed by atoms with van der Waals surface area (Å²) in [5.74, 6) is -1.32. The number of hydrogen-bond acceptors (Lipinski definition) is 15. The minimum Gasteiger partial charge on any atom is -0.462 e. The van der Waals surface area contributed by atoms with Crippen LogP contribution in [0.3, 0.4) is 0 Å². The molecule has 600 valence electrons. The first-order valence-electron chi connectivity index (χ1n) is 42.6. The molecule has 0 aromatic rings. The molecule has 101 heavy (non-hydrogen) atoms. The molecule has 19 heteroatoms. The highest BCUT2D eigenvalue weighted by atomic mass is 31.2. The highest BCUT2D eigenvalue weighted by Crippen LogP contribution is 2.45. The Morgan fingerprint density at radius 1 is 0.267 bits per heavy atom. The van der Waals surface area contributed by atoms with Crippen molar-refractivity contribution < 1.29 is 80.2 Å². The number of phosphoric ester groups is 2. The minimum atomic E-state index is -4.96. The smallest absolute Gasteiger partial charge is 0.462 e. The molecule has 0 aromatic carbocycles. The Hall–Kier alpha value is -1.94. The second kappa shape index (κ2) is 74.9. The molecule has 17 nitrogen and oxygen atoms in total. The van der Waals surface area contributed by atoms with E-state index in [1.807, 2.05) is 0 Å². The van der Waals surface area contributed by atoms with Gasteiger partial charge in [0.2, 0.25) is 0 Å². The van der Waals surface area contributed by atoms with Crippen LogP contribution in [0.15, 0.2) is 0 Å². The predicted octanol–water partition coefficient (Wildman–Crippen LogP) is 24.8. The molecule has 0 aliphatic heterocycles. The third-order valence-corrected chi connectivity index (χ3v) is 21.2. The molecule has 0 saturated carbocycles. The second-order valence-corrected chi connectivity index (χ2v) is 32.9. The Kier molecular flexibility index (Phi) is 73.5. The van der Waals surface area contributed by atoms with Crippen molar-refractivity contribution in [1.29, 1.82) is 0 Å². The molecule has 0 fully saturated rings. The van der Waals surface area contributed by atoms with Gasteiger partial charge in [-0.2, -0.15) is 0 Å². The molecule has 0 aliphatic rings. The second-order valence-electron chi connectivity index (χ2n) is 30.0. The average molecular weight is 1480 g/mol. The number of rotatable bonds is 82. The lowest BCUT2D eigenvalue weighted by molar-refractivity contribution is -0.161. The number of unbranched alkanes of at least 4 members (excludes halogenated alkanes) is 54. The van der Waals surface area contributed by atoms with Crippen molar-refractivity contribution in [3.05, 3.63) is 0 Å². The minimum absolute atomic E-state index is 0.109.